The molecule has 0 aliphatic carbocycles. The molecule has 0 fully saturated rings. The van der Waals surface area contributed by atoms with E-state index in [0.29, 0.717) is 11.1 Å². The van der Waals surface area contributed by atoms with Crippen molar-refractivity contribution in [3.8, 4) is 0 Å². The summed E-state index contributed by atoms with van der Waals surface area (Å²) in [5.41, 5.74) is 1.70. The monoisotopic (exact) mass is 259 g/mol. The molecule has 1 aromatic heterocycles. The Balaban J connectivity index is 2.88. The molecule has 1 heterocycles. The molecule has 0 radical (unpaired) electrons. The van der Waals surface area contributed by atoms with Crippen LogP contribution in [-0.2, 0) is 19.6 Å². The van der Waals surface area contributed by atoms with E-state index in [1.165, 1.54) is 0 Å². The van der Waals surface area contributed by atoms with Crippen LogP contribution in [0.15, 0.2) is 0 Å². The molecule has 0 atom stereocenters. The first kappa shape index (κ1) is 14.5. The van der Waals surface area contributed by atoms with Gasteiger partial charge in [0, 0.05) is 12.1 Å². The van der Waals surface area contributed by atoms with Gasteiger partial charge >= 0.3 is 0 Å². The van der Waals surface area contributed by atoms with Gasteiger partial charge in [-0.2, -0.15) is 5.10 Å². The highest BCUT2D eigenvalue weighted by Gasteiger charge is 2.16. The molecule has 0 saturated heterocycles. The minimum Gasteiger partial charge on any atom is -0.391 e. The Hall–Kier alpha value is -0.580. The molecule has 0 saturated carbocycles. The van der Waals surface area contributed by atoms with Gasteiger partial charge < -0.3 is 10.0 Å². The smallest absolute Gasteiger partial charge is 0.132 e. The van der Waals surface area contributed by atoms with Gasteiger partial charge in [0.15, 0.2) is 0 Å². The van der Waals surface area contributed by atoms with Gasteiger partial charge in [0.1, 0.15) is 5.15 Å². The largest absolute Gasteiger partial charge is 0.391 e. The molecule has 0 bridgehead atoms. The van der Waals surface area contributed by atoms with Crippen molar-refractivity contribution in [3.05, 3.63) is 16.4 Å². The lowest BCUT2D eigenvalue weighted by atomic mass is 10.1. The summed E-state index contributed by atoms with van der Waals surface area (Å²) in [5.74, 6) is 0.508. The lowest BCUT2D eigenvalue weighted by Crippen LogP contribution is -2.19. The second kappa shape index (κ2) is 6.38. The number of rotatable bonds is 6. The maximum atomic E-state index is 9.35. The fourth-order valence-electron chi connectivity index (χ4n) is 1.67. The Kier molecular flexibility index (Phi) is 5.43. The third kappa shape index (κ3) is 3.98. The summed E-state index contributed by atoms with van der Waals surface area (Å²) < 4.78 is 1.78. The molecule has 98 valence electrons. The summed E-state index contributed by atoms with van der Waals surface area (Å²) in [5, 5.41) is 14.4. The molecule has 0 unspecified atom stereocenters. The molecule has 0 aliphatic rings. The van der Waals surface area contributed by atoms with Crippen LogP contribution < -0.4 is 0 Å². The lowest BCUT2D eigenvalue weighted by molar-refractivity contribution is 0.280. The van der Waals surface area contributed by atoms with Crippen LogP contribution in [0.4, 0.5) is 0 Å². The number of halogens is 1. The quantitative estimate of drug-likeness (QED) is 0.847. The molecule has 1 aromatic rings. The molecule has 0 aromatic carbocycles. The van der Waals surface area contributed by atoms with Crippen LogP contribution in [0.3, 0.4) is 0 Å². The maximum Gasteiger partial charge on any atom is 0.132 e. The van der Waals surface area contributed by atoms with E-state index >= 15 is 0 Å². The van der Waals surface area contributed by atoms with Crippen molar-refractivity contribution in [2.45, 2.75) is 33.4 Å². The number of aromatic nitrogens is 2. The molecule has 0 spiro atoms. The number of aliphatic hydroxyl groups excluding tert-OH is 1. The van der Waals surface area contributed by atoms with E-state index in [-0.39, 0.29) is 6.61 Å². The Morgan fingerprint density at radius 1 is 1.41 bits per heavy atom. The summed E-state index contributed by atoms with van der Waals surface area (Å²) in [6, 6.07) is 0. The summed E-state index contributed by atoms with van der Waals surface area (Å²) in [4.78, 5) is 2.08. The predicted molar refractivity (Wildman–Crippen MR) is 70.3 cm³/mol. The van der Waals surface area contributed by atoms with Gasteiger partial charge in [0.2, 0.25) is 0 Å². The second-order valence-corrected chi connectivity index (χ2v) is 5.36. The SMILES string of the molecule is CC(C)Cc1nn(CCN(C)C)c(Cl)c1CO. The number of aliphatic hydroxyl groups is 1. The summed E-state index contributed by atoms with van der Waals surface area (Å²) >= 11 is 6.22. The van der Waals surface area contributed by atoms with Gasteiger partial charge in [-0.3, -0.25) is 4.68 Å². The van der Waals surface area contributed by atoms with E-state index in [1.807, 2.05) is 14.1 Å². The molecule has 5 heteroatoms. The van der Waals surface area contributed by atoms with Gasteiger partial charge in [-0.25, -0.2) is 0 Å². The van der Waals surface area contributed by atoms with Gasteiger partial charge in [0.05, 0.1) is 18.8 Å². The first-order valence-corrected chi connectivity index (χ1v) is 6.33. The first-order valence-electron chi connectivity index (χ1n) is 5.95. The highest BCUT2D eigenvalue weighted by Crippen LogP contribution is 2.22. The van der Waals surface area contributed by atoms with Gasteiger partial charge in [-0.15, -0.1) is 0 Å². The number of nitrogens with zero attached hydrogens (tertiary/aromatic N) is 3. The zero-order valence-electron chi connectivity index (χ0n) is 11.1. The van der Waals surface area contributed by atoms with Crippen molar-refractivity contribution in [3.63, 3.8) is 0 Å². The van der Waals surface area contributed by atoms with Crippen LogP contribution in [0.5, 0.6) is 0 Å². The molecule has 0 amide bonds. The fourth-order valence-corrected chi connectivity index (χ4v) is 1.97. The van der Waals surface area contributed by atoms with Crippen LogP contribution in [0.2, 0.25) is 5.15 Å². The van der Waals surface area contributed by atoms with Crippen molar-refractivity contribution in [1.82, 2.24) is 14.7 Å². The van der Waals surface area contributed by atoms with Crippen LogP contribution in [-0.4, -0.2) is 40.4 Å². The summed E-state index contributed by atoms with van der Waals surface area (Å²) in [6.07, 6.45) is 0.852. The predicted octanol–water partition coefficient (Wildman–Crippen LogP) is 1.79. The molecule has 4 nitrogen and oxygen atoms in total. The van der Waals surface area contributed by atoms with E-state index in [2.05, 4.69) is 23.8 Å². The van der Waals surface area contributed by atoms with Crippen LogP contribution in [0.25, 0.3) is 0 Å². The number of likely N-dealkylation sites (N-methyl/N-ethyl adjacent to an activating group) is 1. The Morgan fingerprint density at radius 3 is 2.53 bits per heavy atom. The van der Waals surface area contributed by atoms with Crippen molar-refractivity contribution in [1.29, 1.82) is 0 Å². The summed E-state index contributed by atoms with van der Waals surface area (Å²) in [7, 11) is 4.03. The minimum absolute atomic E-state index is 0.0388. The average molecular weight is 260 g/mol. The van der Waals surface area contributed by atoms with Crippen molar-refractivity contribution in [2.24, 2.45) is 5.92 Å². The van der Waals surface area contributed by atoms with Crippen molar-refractivity contribution < 1.29 is 5.11 Å². The second-order valence-electron chi connectivity index (χ2n) is 5.00. The van der Waals surface area contributed by atoms with Gasteiger partial charge in [-0.05, 0) is 26.4 Å². The van der Waals surface area contributed by atoms with Crippen LogP contribution in [0.1, 0.15) is 25.1 Å². The minimum atomic E-state index is -0.0388. The molecule has 17 heavy (non-hydrogen) atoms. The third-order valence-electron chi connectivity index (χ3n) is 2.58. The maximum absolute atomic E-state index is 9.35. The Bertz CT molecular complexity index is 361. The standard InChI is InChI=1S/C12H22ClN3O/c1-9(2)7-11-10(8-17)12(13)16(14-11)6-5-15(3)4/h9,17H,5-8H2,1-4H3. The van der Waals surface area contributed by atoms with Crippen LogP contribution >= 0.6 is 11.6 Å². The highest BCUT2D eigenvalue weighted by molar-refractivity contribution is 6.30. The summed E-state index contributed by atoms with van der Waals surface area (Å²) in [6.45, 7) is 5.86. The zero-order valence-corrected chi connectivity index (χ0v) is 11.8. The van der Waals surface area contributed by atoms with Crippen molar-refractivity contribution in [2.75, 3.05) is 20.6 Å². The molecular weight excluding hydrogens is 238 g/mol. The van der Waals surface area contributed by atoms with Crippen LogP contribution in [0, 0.1) is 5.92 Å². The molecule has 1 N–H and O–H groups in total. The molecular formula is C12H22ClN3O. The molecule has 1 rings (SSSR count). The van der Waals surface area contributed by atoms with E-state index in [9.17, 15) is 5.11 Å². The highest BCUT2D eigenvalue weighted by atomic mass is 35.5. The van der Waals surface area contributed by atoms with E-state index in [1.54, 1.807) is 4.68 Å². The normalized spacial score (nSPS) is 11.8. The van der Waals surface area contributed by atoms with Gasteiger partial charge in [-0.1, -0.05) is 25.4 Å². The van der Waals surface area contributed by atoms with E-state index < -0.39 is 0 Å². The fraction of sp³-hybridized carbons (Fsp3) is 0.750. The average Bonchev–Trinajstić information content (AvgIpc) is 2.51. The Morgan fingerprint density at radius 2 is 2.06 bits per heavy atom. The zero-order chi connectivity index (χ0) is 13.0. The van der Waals surface area contributed by atoms with E-state index in [0.717, 1.165) is 30.8 Å². The Labute approximate surface area is 108 Å². The van der Waals surface area contributed by atoms with Gasteiger partial charge in [0.25, 0.3) is 0 Å². The third-order valence-corrected chi connectivity index (χ3v) is 3.01. The van der Waals surface area contributed by atoms with Crippen molar-refractivity contribution >= 4 is 11.6 Å². The number of hydrogen-bond donors (Lipinski definition) is 1. The first-order chi connectivity index (χ1) is 7.95. The topological polar surface area (TPSA) is 41.3 Å². The molecule has 0 aliphatic heterocycles. The lowest BCUT2D eigenvalue weighted by Gasteiger charge is -2.09. The van der Waals surface area contributed by atoms with E-state index in [4.69, 9.17) is 11.6 Å². The number of hydrogen-bond acceptors (Lipinski definition) is 3.